The molecular weight excluding hydrogens is 401 g/mol. The summed E-state index contributed by atoms with van der Waals surface area (Å²) in [7, 11) is 2.33. The van der Waals surface area contributed by atoms with Gasteiger partial charge < -0.3 is 9.47 Å². The lowest BCUT2D eigenvalue weighted by molar-refractivity contribution is 0.0495. The molecule has 0 fully saturated rings. The second kappa shape index (κ2) is 11.5. The molecule has 3 nitrogen and oxygen atoms in total. The molecule has 2 unspecified atom stereocenters. The topological polar surface area (TPSA) is 21.7 Å². The maximum atomic E-state index is 6.06. The molecule has 2 atom stereocenters. The molecule has 0 saturated carbocycles. The van der Waals surface area contributed by atoms with Crippen LogP contribution in [-0.4, -0.2) is 30.9 Å². The van der Waals surface area contributed by atoms with E-state index in [9.17, 15) is 0 Å². The van der Waals surface area contributed by atoms with E-state index in [2.05, 4.69) is 96.7 Å². The second-order valence-corrected chi connectivity index (χ2v) is 11.1. The molecule has 0 aliphatic heterocycles. The Labute approximate surface area is 192 Å². The van der Waals surface area contributed by atoms with E-state index >= 15 is 0 Å². The monoisotopic (exact) mass is 443 g/mol. The van der Waals surface area contributed by atoms with Crippen LogP contribution in [-0.2, 0) is 16.4 Å². The highest BCUT2D eigenvalue weighted by Crippen LogP contribution is 2.48. The smallest absolute Gasteiger partial charge is 0.188 e. The molecule has 0 saturated heterocycles. The van der Waals surface area contributed by atoms with Crippen molar-refractivity contribution >= 4 is 13.9 Å². The normalized spacial score (nSPS) is 14.2. The zero-order valence-electron chi connectivity index (χ0n) is 21.0. The molecule has 0 radical (unpaired) electrons. The van der Waals surface area contributed by atoms with Crippen LogP contribution in [0, 0.1) is 13.8 Å². The number of hydrogen-bond donors (Lipinski definition) is 0. The third-order valence-electron chi connectivity index (χ3n) is 6.27. The van der Waals surface area contributed by atoms with E-state index < -0.39 is 0 Å². The van der Waals surface area contributed by atoms with Gasteiger partial charge in [0.1, 0.15) is 5.75 Å². The third-order valence-corrected chi connectivity index (χ3v) is 8.41. The molecule has 31 heavy (non-hydrogen) atoms. The van der Waals surface area contributed by atoms with E-state index in [1.54, 1.807) is 7.11 Å². The lowest BCUT2D eigenvalue weighted by Crippen LogP contribution is -2.37. The summed E-state index contributed by atoms with van der Waals surface area (Å²) in [6, 6.07) is 14.3. The molecule has 2 rings (SSSR count). The van der Waals surface area contributed by atoms with Crippen LogP contribution in [0.3, 0.4) is 0 Å². The van der Waals surface area contributed by atoms with Gasteiger partial charge in [0, 0.05) is 36.5 Å². The standard InChI is InChI=1S/C27H42NO2P/c1-10-27(8,24-16-12-13-21(6)25(24)30-18-29-9)31-26-22(7)14-11-15-23(26)17-28(19(2)3)20(4)5/h11-16,19-20,31H,10,17-18H2,1-9H3. The fraction of sp³-hybridized carbons (Fsp3) is 0.556. The van der Waals surface area contributed by atoms with E-state index in [0.717, 1.165) is 24.3 Å². The van der Waals surface area contributed by atoms with E-state index in [1.165, 1.54) is 22.0 Å². The van der Waals surface area contributed by atoms with Gasteiger partial charge in [-0.1, -0.05) is 58.8 Å². The number of methoxy groups -OCH3 is 1. The van der Waals surface area contributed by atoms with Gasteiger partial charge in [-0.05, 0) is 70.0 Å². The van der Waals surface area contributed by atoms with Gasteiger partial charge in [-0.3, -0.25) is 4.90 Å². The first-order valence-electron chi connectivity index (χ1n) is 11.5. The van der Waals surface area contributed by atoms with Gasteiger partial charge >= 0.3 is 0 Å². The molecule has 2 aromatic carbocycles. The van der Waals surface area contributed by atoms with Crippen molar-refractivity contribution < 1.29 is 9.47 Å². The van der Waals surface area contributed by atoms with Gasteiger partial charge in [0.05, 0.1) is 0 Å². The van der Waals surface area contributed by atoms with Gasteiger partial charge in [-0.2, -0.15) is 0 Å². The zero-order valence-corrected chi connectivity index (χ0v) is 22.0. The highest BCUT2D eigenvalue weighted by Gasteiger charge is 2.31. The summed E-state index contributed by atoms with van der Waals surface area (Å²) in [5, 5.41) is 1.49. The first kappa shape index (κ1) is 25.8. The molecule has 2 aromatic rings. The first-order valence-corrected chi connectivity index (χ1v) is 12.5. The number of rotatable bonds is 11. The SMILES string of the molecule is CCC(C)(Pc1c(C)cccc1CN(C(C)C)C(C)C)c1cccc(C)c1OCOC. The fourth-order valence-corrected chi connectivity index (χ4v) is 5.88. The number of ether oxygens (including phenoxy) is 2. The van der Waals surface area contributed by atoms with E-state index in [0.29, 0.717) is 20.7 Å². The molecule has 0 N–H and O–H groups in total. The van der Waals surface area contributed by atoms with Crippen LogP contribution < -0.4 is 10.0 Å². The van der Waals surface area contributed by atoms with E-state index in [4.69, 9.17) is 9.47 Å². The average Bonchev–Trinajstić information content (AvgIpc) is 2.72. The van der Waals surface area contributed by atoms with Crippen molar-refractivity contribution in [3.05, 3.63) is 58.7 Å². The number of aryl methyl sites for hydroxylation is 2. The Morgan fingerprint density at radius 3 is 2.16 bits per heavy atom. The van der Waals surface area contributed by atoms with Gasteiger partial charge in [-0.25, -0.2) is 0 Å². The summed E-state index contributed by atoms with van der Waals surface area (Å²) >= 11 is 0. The highest BCUT2D eigenvalue weighted by atomic mass is 31.1. The molecule has 0 aromatic heterocycles. The maximum absolute atomic E-state index is 6.06. The van der Waals surface area contributed by atoms with Crippen LogP contribution in [0.4, 0.5) is 0 Å². The third kappa shape index (κ3) is 6.31. The quantitative estimate of drug-likeness (QED) is 0.291. The Balaban J connectivity index is 2.50. The van der Waals surface area contributed by atoms with Crippen LogP contribution in [0.1, 0.15) is 70.2 Å². The van der Waals surface area contributed by atoms with Crippen LogP contribution in [0.2, 0.25) is 0 Å². The van der Waals surface area contributed by atoms with Crippen molar-refractivity contribution in [2.45, 2.75) is 85.6 Å². The fourth-order valence-electron chi connectivity index (χ4n) is 4.22. The largest absolute Gasteiger partial charge is 0.467 e. The Kier molecular flexibility index (Phi) is 9.55. The minimum absolute atomic E-state index is 0.00352. The van der Waals surface area contributed by atoms with Gasteiger partial charge in [-0.15, -0.1) is 0 Å². The lowest BCUT2D eigenvalue weighted by atomic mass is 9.94. The minimum Gasteiger partial charge on any atom is -0.467 e. The van der Waals surface area contributed by atoms with E-state index in [-0.39, 0.29) is 11.9 Å². The predicted octanol–water partition coefficient (Wildman–Crippen LogP) is 6.53. The Bertz CT molecular complexity index is 841. The van der Waals surface area contributed by atoms with Crippen molar-refractivity contribution in [1.82, 2.24) is 4.90 Å². The summed E-state index contributed by atoms with van der Waals surface area (Å²) in [5.41, 5.74) is 5.28. The average molecular weight is 444 g/mol. The molecule has 0 amide bonds. The highest BCUT2D eigenvalue weighted by molar-refractivity contribution is 7.48. The van der Waals surface area contributed by atoms with Crippen LogP contribution in [0.5, 0.6) is 5.75 Å². The lowest BCUT2D eigenvalue weighted by Gasteiger charge is -2.35. The van der Waals surface area contributed by atoms with E-state index in [1.807, 2.05) is 0 Å². The number of para-hydroxylation sites is 1. The molecule has 0 aliphatic carbocycles. The predicted molar refractivity (Wildman–Crippen MR) is 136 cm³/mol. The van der Waals surface area contributed by atoms with Gasteiger partial charge in [0.15, 0.2) is 6.79 Å². The number of hydrogen-bond acceptors (Lipinski definition) is 3. The zero-order chi connectivity index (χ0) is 23.2. The van der Waals surface area contributed by atoms with Gasteiger partial charge in [0.25, 0.3) is 0 Å². The molecular formula is C27H42NO2P. The Morgan fingerprint density at radius 1 is 0.968 bits per heavy atom. The molecule has 0 bridgehead atoms. The molecule has 0 spiro atoms. The van der Waals surface area contributed by atoms with Crippen molar-refractivity contribution in [2.24, 2.45) is 0 Å². The van der Waals surface area contributed by atoms with Crippen LogP contribution in [0.15, 0.2) is 36.4 Å². The molecule has 172 valence electrons. The summed E-state index contributed by atoms with van der Waals surface area (Å²) in [5.74, 6) is 0.974. The van der Waals surface area contributed by atoms with Crippen molar-refractivity contribution in [1.29, 1.82) is 0 Å². The Hall–Kier alpha value is -1.41. The minimum atomic E-state index is -0.00352. The summed E-state index contributed by atoms with van der Waals surface area (Å²) in [6.07, 6.45) is 1.05. The first-order chi connectivity index (χ1) is 14.6. The molecule has 0 aliphatic rings. The summed E-state index contributed by atoms with van der Waals surface area (Å²) in [6.45, 7) is 19.5. The molecule has 4 heteroatoms. The second-order valence-electron chi connectivity index (χ2n) is 9.28. The van der Waals surface area contributed by atoms with Crippen molar-refractivity contribution in [3.8, 4) is 5.75 Å². The van der Waals surface area contributed by atoms with Crippen LogP contribution in [0.25, 0.3) is 0 Å². The molecule has 0 heterocycles. The summed E-state index contributed by atoms with van der Waals surface area (Å²) in [4.78, 5) is 2.58. The number of benzene rings is 2. The Morgan fingerprint density at radius 2 is 1.58 bits per heavy atom. The maximum Gasteiger partial charge on any atom is 0.188 e. The number of nitrogens with zero attached hydrogens (tertiary/aromatic N) is 1. The van der Waals surface area contributed by atoms with Crippen molar-refractivity contribution in [2.75, 3.05) is 13.9 Å². The van der Waals surface area contributed by atoms with Crippen LogP contribution >= 0.6 is 8.58 Å². The van der Waals surface area contributed by atoms with Gasteiger partial charge in [0.2, 0.25) is 0 Å². The van der Waals surface area contributed by atoms with Crippen molar-refractivity contribution in [3.63, 3.8) is 0 Å². The summed E-state index contributed by atoms with van der Waals surface area (Å²) < 4.78 is 11.3.